The van der Waals surface area contributed by atoms with Crippen molar-refractivity contribution in [1.29, 1.82) is 0 Å². The molecule has 2 aromatic rings. The maximum absolute atomic E-state index is 11.9. The number of aryl methyl sites for hydroxylation is 1. The molecule has 4 heteroatoms. The van der Waals surface area contributed by atoms with Crippen LogP contribution in [0.1, 0.15) is 22.3 Å². The highest BCUT2D eigenvalue weighted by Crippen LogP contribution is 2.08. The number of hydrogen-bond donors (Lipinski definition) is 1. The fourth-order valence-corrected chi connectivity index (χ4v) is 1.90. The maximum Gasteiger partial charge on any atom is 0.292 e. The van der Waals surface area contributed by atoms with E-state index in [2.05, 4.69) is 5.32 Å². The molecule has 0 aliphatic carbocycles. The number of ether oxygens (including phenoxy) is 1. The summed E-state index contributed by atoms with van der Waals surface area (Å²) in [5.41, 5.74) is 1.46. The van der Waals surface area contributed by atoms with Crippen molar-refractivity contribution in [3.8, 4) is 5.75 Å². The Balaban J connectivity index is 1.69. The van der Waals surface area contributed by atoms with Crippen LogP contribution in [0.5, 0.6) is 5.75 Å². The van der Waals surface area contributed by atoms with Crippen molar-refractivity contribution < 1.29 is 14.3 Å². The normalized spacial score (nSPS) is 10.0. The molecule has 0 heterocycles. The molecule has 22 heavy (non-hydrogen) atoms. The van der Waals surface area contributed by atoms with E-state index in [1.807, 2.05) is 49.4 Å². The van der Waals surface area contributed by atoms with E-state index in [0.717, 1.165) is 11.3 Å². The first-order valence-corrected chi connectivity index (χ1v) is 7.24. The van der Waals surface area contributed by atoms with Crippen LogP contribution in [-0.2, 0) is 4.79 Å². The molecule has 0 radical (unpaired) electrons. The second kappa shape index (κ2) is 7.98. The molecule has 0 spiro atoms. The molecule has 0 aromatic heterocycles. The Morgan fingerprint density at radius 2 is 1.68 bits per heavy atom. The Kier molecular flexibility index (Phi) is 5.72. The van der Waals surface area contributed by atoms with Gasteiger partial charge in [-0.15, -0.1) is 0 Å². The minimum Gasteiger partial charge on any atom is -0.494 e. The number of para-hydroxylation sites is 1. The van der Waals surface area contributed by atoms with Gasteiger partial charge in [-0.25, -0.2) is 0 Å². The van der Waals surface area contributed by atoms with E-state index < -0.39 is 11.7 Å². The van der Waals surface area contributed by atoms with E-state index in [9.17, 15) is 9.59 Å². The van der Waals surface area contributed by atoms with Crippen LogP contribution in [0.4, 0.5) is 0 Å². The predicted octanol–water partition coefficient (Wildman–Crippen LogP) is 2.76. The van der Waals surface area contributed by atoms with Crippen LogP contribution in [0.15, 0.2) is 54.6 Å². The van der Waals surface area contributed by atoms with Gasteiger partial charge in [0.25, 0.3) is 5.91 Å². The zero-order valence-corrected chi connectivity index (χ0v) is 12.5. The summed E-state index contributed by atoms with van der Waals surface area (Å²) >= 11 is 0. The average molecular weight is 297 g/mol. The number of Topliss-reactive ketones (excluding diaryl/α,β-unsaturated/α-hetero) is 1. The molecule has 4 nitrogen and oxygen atoms in total. The van der Waals surface area contributed by atoms with Gasteiger partial charge >= 0.3 is 0 Å². The van der Waals surface area contributed by atoms with Gasteiger partial charge in [0.2, 0.25) is 5.78 Å². The summed E-state index contributed by atoms with van der Waals surface area (Å²) in [4.78, 5) is 23.7. The lowest BCUT2D eigenvalue weighted by atomic mass is 10.1. The third-order valence-corrected chi connectivity index (χ3v) is 3.14. The molecule has 114 valence electrons. The number of carbonyl (C=O) groups is 2. The van der Waals surface area contributed by atoms with E-state index in [4.69, 9.17) is 4.74 Å². The Bertz CT molecular complexity index is 621. The van der Waals surface area contributed by atoms with Gasteiger partial charge in [-0.05, 0) is 25.5 Å². The summed E-state index contributed by atoms with van der Waals surface area (Å²) in [7, 11) is 0. The first-order chi connectivity index (χ1) is 10.7. The molecule has 0 saturated heterocycles. The predicted molar refractivity (Wildman–Crippen MR) is 85.1 cm³/mol. The third kappa shape index (κ3) is 4.74. The number of nitrogens with one attached hydrogen (secondary N) is 1. The Morgan fingerprint density at radius 1 is 1.00 bits per heavy atom. The smallest absolute Gasteiger partial charge is 0.292 e. The van der Waals surface area contributed by atoms with Gasteiger partial charge in [0, 0.05) is 12.1 Å². The number of benzene rings is 2. The minimum absolute atomic E-state index is 0.406. The summed E-state index contributed by atoms with van der Waals surface area (Å²) in [6, 6.07) is 16.4. The molecule has 0 atom stereocenters. The largest absolute Gasteiger partial charge is 0.494 e. The van der Waals surface area contributed by atoms with E-state index in [1.54, 1.807) is 12.1 Å². The highest BCUT2D eigenvalue weighted by molar-refractivity contribution is 6.42. The van der Waals surface area contributed by atoms with Crippen LogP contribution in [0.25, 0.3) is 0 Å². The average Bonchev–Trinajstić information content (AvgIpc) is 2.55. The standard InChI is InChI=1S/C18H19NO3/c1-14-8-10-15(11-9-14)17(20)18(21)19-12-5-13-22-16-6-3-2-4-7-16/h2-4,6-11H,5,12-13H2,1H3,(H,19,21). The molecular formula is C18H19NO3. The highest BCUT2D eigenvalue weighted by atomic mass is 16.5. The van der Waals surface area contributed by atoms with Crippen molar-refractivity contribution in [2.75, 3.05) is 13.2 Å². The fourth-order valence-electron chi connectivity index (χ4n) is 1.90. The summed E-state index contributed by atoms with van der Waals surface area (Å²) in [6.45, 7) is 2.83. The maximum atomic E-state index is 11.9. The van der Waals surface area contributed by atoms with Gasteiger partial charge in [0.1, 0.15) is 5.75 Å². The van der Waals surface area contributed by atoms with Crippen LogP contribution in [0.2, 0.25) is 0 Å². The lowest BCUT2D eigenvalue weighted by molar-refractivity contribution is -0.117. The van der Waals surface area contributed by atoms with Crippen molar-refractivity contribution >= 4 is 11.7 Å². The number of rotatable bonds is 7. The van der Waals surface area contributed by atoms with Gasteiger partial charge in [-0.1, -0.05) is 48.0 Å². The van der Waals surface area contributed by atoms with Crippen molar-refractivity contribution in [3.05, 3.63) is 65.7 Å². The molecule has 2 aromatic carbocycles. The van der Waals surface area contributed by atoms with Gasteiger partial charge in [-0.2, -0.15) is 0 Å². The topological polar surface area (TPSA) is 55.4 Å². The van der Waals surface area contributed by atoms with Gasteiger partial charge in [0.15, 0.2) is 0 Å². The van der Waals surface area contributed by atoms with Crippen molar-refractivity contribution in [3.63, 3.8) is 0 Å². The van der Waals surface area contributed by atoms with Gasteiger partial charge in [-0.3, -0.25) is 9.59 Å². The molecule has 0 bridgehead atoms. The summed E-state index contributed by atoms with van der Waals surface area (Å²) in [5.74, 6) is -0.294. The molecule has 1 amide bonds. The SMILES string of the molecule is Cc1ccc(C(=O)C(=O)NCCCOc2ccccc2)cc1. The molecule has 0 unspecified atom stereocenters. The summed E-state index contributed by atoms with van der Waals surface area (Å²) in [5, 5.41) is 2.61. The van der Waals surface area contributed by atoms with Crippen LogP contribution in [0, 0.1) is 6.92 Å². The fraction of sp³-hybridized carbons (Fsp3) is 0.222. The minimum atomic E-state index is -0.580. The number of amides is 1. The number of ketones is 1. The number of carbonyl (C=O) groups excluding carboxylic acids is 2. The molecule has 0 fully saturated rings. The van der Waals surface area contributed by atoms with Gasteiger partial charge < -0.3 is 10.1 Å². The van der Waals surface area contributed by atoms with Crippen molar-refractivity contribution in [1.82, 2.24) is 5.32 Å². The first-order valence-electron chi connectivity index (χ1n) is 7.24. The molecule has 0 saturated carbocycles. The second-order valence-electron chi connectivity index (χ2n) is 4.97. The Labute approximate surface area is 130 Å². The highest BCUT2D eigenvalue weighted by Gasteiger charge is 2.14. The van der Waals surface area contributed by atoms with Crippen LogP contribution in [0.3, 0.4) is 0 Å². The lowest BCUT2D eigenvalue weighted by Crippen LogP contribution is -2.32. The summed E-state index contributed by atoms with van der Waals surface area (Å²) < 4.78 is 5.51. The first kappa shape index (κ1) is 15.8. The molecular weight excluding hydrogens is 278 g/mol. The third-order valence-electron chi connectivity index (χ3n) is 3.14. The van der Waals surface area contributed by atoms with Crippen LogP contribution >= 0.6 is 0 Å². The lowest BCUT2D eigenvalue weighted by Gasteiger charge is -2.07. The van der Waals surface area contributed by atoms with Crippen molar-refractivity contribution in [2.24, 2.45) is 0 Å². The molecule has 0 aliphatic rings. The second-order valence-corrected chi connectivity index (χ2v) is 4.97. The van der Waals surface area contributed by atoms with Crippen LogP contribution in [-0.4, -0.2) is 24.8 Å². The van der Waals surface area contributed by atoms with E-state index in [1.165, 1.54) is 0 Å². The van der Waals surface area contributed by atoms with Gasteiger partial charge in [0.05, 0.1) is 6.61 Å². The Morgan fingerprint density at radius 3 is 2.36 bits per heavy atom. The van der Waals surface area contributed by atoms with E-state index in [0.29, 0.717) is 25.1 Å². The zero-order chi connectivity index (χ0) is 15.8. The van der Waals surface area contributed by atoms with E-state index in [-0.39, 0.29) is 0 Å². The monoisotopic (exact) mass is 297 g/mol. The molecule has 1 N–H and O–H groups in total. The Hall–Kier alpha value is -2.62. The summed E-state index contributed by atoms with van der Waals surface area (Å²) in [6.07, 6.45) is 0.641. The van der Waals surface area contributed by atoms with E-state index >= 15 is 0 Å². The molecule has 2 rings (SSSR count). The van der Waals surface area contributed by atoms with Crippen molar-refractivity contribution in [2.45, 2.75) is 13.3 Å². The molecule has 0 aliphatic heterocycles. The quantitative estimate of drug-likeness (QED) is 0.486. The van der Waals surface area contributed by atoms with Crippen LogP contribution < -0.4 is 10.1 Å². The number of hydrogen-bond acceptors (Lipinski definition) is 3. The zero-order valence-electron chi connectivity index (χ0n) is 12.5.